The number of aromatic amines is 2. The van der Waals surface area contributed by atoms with Crippen molar-refractivity contribution in [1.29, 1.82) is 0 Å². The van der Waals surface area contributed by atoms with Gasteiger partial charge in [-0.15, -0.1) is 0 Å². The number of pyridine rings is 1. The van der Waals surface area contributed by atoms with Crippen molar-refractivity contribution in [2.75, 3.05) is 13.2 Å². The molecule has 2 aliphatic rings. The number of imidazole rings is 1. The molecule has 2 aromatic carbocycles. The molecule has 10 heteroatoms. The Balaban J connectivity index is 1.11. The number of benzene rings is 2. The van der Waals surface area contributed by atoms with Gasteiger partial charge in [-0.25, -0.2) is 4.98 Å². The Morgan fingerprint density at radius 3 is 2.30 bits per heavy atom. The van der Waals surface area contributed by atoms with E-state index in [-0.39, 0.29) is 24.9 Å². The van der Waals surface area contributed by atoms with E-state index in [1.807, 2.05) is 30.3 Å². The molecule has 5 heterocycles. The monoisotopic (exact) mass is 515 g/mol. The van der Waals surface area contributed by atoms with Gasteiger partial charge in [0.25, 0.3) is 6.01 Å². The number of nitrogens with zero attached hydrogens (tertiary/aromatic N) is 3. The molecule has 0 radical (unpaired) electrons. The Labute approximate surface area is 216 Å². The van der Waals surface area contributed by atoms with E-state index in [0.29, 0.717) is 34.5 Å². The zero-order valence-electron chi connectivity index (χ0n) is 19.5. The number of hydrogen-bond donors (Lipinski definition) is 3. The smallest absolute Gasteiger partial charge is 0.296 e. The van der Waals surface area contributed by atoms with Crippen LogP contribution in [0.4, 0.5) is 0 Å². The minimum absolute atomic E-state index is 0.241. The number of fused-ring (bicyclic) bond motifs is 2. The molecule has 2 fully saturated rings. The summed E-state index contributed by atoms with van der Waals surface area (Å²) in [7, 11) is 0. The highest BCUT2D eigenvalue weighted by molar-refractivity contribution is 6.33. The molecule has 0 spiro atoms. The maximum atomic E-state index is 9.94. The summed E-state index contributed by atoms with van der Waals surface area (Å²) < 4.78 is 17.2. The van der Waals surface area contributed by atoms with Gasteiger partial charge in [0.15, 0.2) is 11.8 Å². The number of aliphatic hydroxyl groups is 1. The first-order valence-electron chi connectivity index (χ1n) is 12.0. The second-order valence-corrected chi connectivity index (χ2v) is 9.58. The SMILES string of the molecule is O[C@@H]1CO[C@H]2[C@@H]1OC[C@H]2Oc1nc2nc(-c3ccc(-c4ccc(-c5ccn[nH]5)cc4)cc3)c(Cl)cc2[nH]1. The Morgan fingerprint density at radius 1 is 0.865 bits per heavy atom. The fraction of sp³-hybridized carbons (Fsp3) is 0.222. The van der Waals surface area contributed by atoms with Crippen LogP contribution in [0.3, 0.4) is 0 Å². The van der Waals surface area contributed by atoms with Gasteiger partial charge in [-0.1, -0.05) is 60.1 Å². The average Bonchev–Trinajstić information content (AvgIpc) is 3.71. The summed E-state index contributed by atoms with van der Waals surface area (Å²) in [6, 6.07) is 20.5. The summed E-state index contributed by atoms with van der Waals surface area (Å²) >= 11 is 6.60. The quantitative estimate of drug-likeness (QED) is 0.320. The third-order valence-corrected chi connectivity index (χ3v) is 7.13. The summed E-state index contributed by atoms with van der Waals surface area (Å²) in [4.78, 5) is 12.3. The van der Waals surface area contributed by atoms with Crippen LogP contribution in [0.25, 0.3) is 44.8 Å². The van der Waals surface area contributed by atoms with Gasteiger partial charge in [-0.2, -0.15) is 10.1 Å². The second kappa shape index (κ2) is 8.97. The minimum atomic E-state index is -0.634. The van der Waals surface area contributed by atoms with Crippen molar-refractivity contribution in [3.63, 3.8) is 0 Å². The maximum Gasteiger partial charge on any atom is 0.296 e. The van der Waals surface area contributed by atoms with Crippen LogP contribution in [-0.4, -0.2) is 67.9 Å². The average molecular weight is 516 g/mol. The molecule has 2 saturated heterocycles. The lowest BCUT2D eigenvalue weighted by atomic mass is 10.0. The van der Waals surface area contributed by atoms with Crippen LogP contribution in [0.5, 0.6) is 6.01 Å². The predicted octanol–water partition coefficient (Wildman–Crippen LogP) is 4.24. The third-order valence-electron chi connectivity index (χ3n) is 6.84. The molecule has 2 aliphatic heterocycles. The molecule has 7 rings (SSSR count). The van der Waals surface area contributed by atoms with E-state index in [4.69, 9.17) is 30.8 Å². The molecule has 4 atom stereocenters. The zero-order chi connectivity index (χ0) is 24.9. The topological polar surface area (TPSA) is 118 Å². The number of aliphatic hydroxyl groups excluding tert-OH is 1. The number of ether oxygens (including phenoxy) is 3. The lowest BCUT2D eigenvalue weighted by Gasteiger charge is -2.15. The van der Waals surface area contributed by atoms with E-state index < -0.39 is 6.10 Å². The Kier molecular flexibility index (Phi) is 5.44. The molecule has 186 valence electrons. The summed E-state index contributed by atoms with van der Waals surface area (Å²) in [5, 5.41) is 17.4. The predicted molar refractivity (Wildman–Crippen MR) is 137 cm³/mol. The third kappa shape index (κ3) is 4.06. The highest BCUT2D eigenvalue weighted by Crippen LogP contribution is 2.33. The van der Waals surface area contributed by atoms with Crippen molar-refractivity contribution in [3.05, 3.63) is 71.9 Å². The molecular formula is C27H22ClN5O4. The van der Waals surface area contributed by atoms with Gasteiger partial charge in [-0.3, -0.25) is 5.10 Å². The van der Waals surface area contributed by atoms with E-state index in [1.54, 1.807) is 12.3 Å². The maximum absolute atomic E-state index is 9.94. The summed E-state index contributed by atoms with van der Waals surface area (Å²) in [5.41, 5.74) is 6.94. The zero-order valence-corrected chi connectivity index (χ0v) is 20.2. The molecule has 0 amide bonds. The fourth-order valence-electron chi connectivity index (χ4n) is 4.92. The molecule has 0 saturated carbocycles. The number of H-pyrrole nitrogens is 2. The van der Waals surface area contributed by atoms with Gasteiger partial charge < -0.3 is 24.3 Å². The standard InChI is InChI=1S/C27H22ClN5O4/c28-18-11-20-26(32-27(30-20)37-22-13-36-24-21(34)12-35-25(22)24)31-23(18)17-7-3-15(4-8-17)14-1-5-16(6-2-14)19-9-10-29-33-19/h1-11,21-22,24-25,34H,12-13H2,(H,29,33)(H,30,31,32)/t21-,22-,24-,25-/m1/s1. The molecule has 9 nitrogen and oxygen atoms in total. The molecule has 0 unspecified atom stereocenters. The van der Waals surface area contributed by atoms with E-state index >= 15 is 0 Å². The molecule has 3 aromatic heterocycles. The number of rotatable bonds is 5. The van der Waals surface area contributed by atoms with Crippen LogP contribution in [-0.2, 0) is 9.47 Å². The number of halogens is 1. The van der Waals surface area contributed by atoms with Crippen molar-refractivity contribution < 1.29 is 19.3 Å². The van der Waals surface area contributed by atoms with Crippen LogP contribution in [0, 0.1) is 0 Å². The molecule has 3 N–H and O–H groups in total. The van der Waals surface area contributed by atoms with Gasteiger partial charge in [0.1, 0.15) is 18.3 Å². The fourth-order valence-corrected chi connectivity index (χ4v) is 5.18. The molecular weight excluding hydrogens is 494 g/mol. The first-order valence-corrected chi connectivity index (χ1v) is 12.3. The van der Waals surface area contributed by atoms with Crippen LogP contribution < -0.4 is 4.74 Å². The highest BCUT2D eigenvalue weighted by Gasteiger charge is 2.48. The van der Waals surface area contributed by atoms with Gasteiger partial charge >= 0.3 is 0 Å². The summed E-state index contributed by atoms with van der Waals surface area (Å²) in [5.74, 6) is 0. The lowest BCUT2D eigenvalue weighted by molar-refractivity contribution is 0.00706. The normalized spacial score (nSPS) is 23.0. The van der Waals surface area contributed by atoms with Gasteiger partial charge in [0, 0.05) is 11.8 Å². The van der Waals surface area contributed by atoms with E-state index in [2.05, 4.69) is 44.4 Å². The van der Waals surface area contributed by atoms with E-state index in [1.165, 1.54) is 0 Å². The Bertz CT molecular complexity index is 1550. The minimum Gasteiger partial charge on any atom is -0.456 e. The second-order valence-electron chi connectivity index (χ2n) is 9.18. The molecule has 0 bridgehead atoms. The number of nitrogens with one attached hydrogen (secondary N) is 2. The molecule has 0 aliphatic carbocycles. The first-order chi connectivity index (χ1) is 18.1. The van der Waals surface area contributed by atoms with Crippen molar-refractivity contribution in [1.82, 2.24) is 25.1 Å². The first kappa shape index (κ1) is 22.4. The van der Waals surface area contributed by atoms with Crippen LogP contribution in [0.15, 0.2) is 66.9 Å². The molecule has 5 aromatic rings. The van der Waals surface area contributed by atoms with Gasteiger partial charge in [-0.05, 0) is 28.8 Å². The van der Waals surface area contributed by atoms with Crippen LogP contribution in [0.2, 0.25) is 5.02 Å². The van der Waals surface area contributed by atoms with Crippen molar-refractivity contribution >= 4 is 22.8 Å². The Morgan fingerprint density at radius 2 is 1.57 bits per heavy atom. The van der Waals surface area contributed by atoms with Crippen molar-refractivity contribution in [3.8, 4) is 39.7 Å². The Hall–Kier alpha value is -3.76. The highest BCUT2D eigenvalue weighted by atomic mass is 35.5. The van der Waals surface area contributed by atoms with E-state index in [9.17, 15) is 5.11 Å². The molecule has 37 heavy (non-hydrogen) atoms. The summed E-state index contributed by atoms with van der Waals surface area (Å²) in [6.07, 6.45) is 0.0517. The van der Waals surface area contributed by atoms with E-state index in [0.717, 1.165) is 27.9 Å². The van der Waals surface area contributed by atoms with Crippen LogP contribution in [0.1, 0.15) is 0 Å². The van der Waals surface area contributed by atoms with Crippen molar-refractivity contribution in [2.24, 2.45) is 0 Å². The van der Waals surface area contributed by atoms with Gasteiger partial charge in [0.2, 0.25) is 0 Å². The lowest BCUT2D eigenvalue weighted by Crippen LogP contribution is -2.34. The van der Waals surface area contributed by atoms with Gasteiger partial charge in [0.05, 0.1) is 35.1 Å². The number of hydrogen-bond acceptors (Lipinski definition) is 7. The largest absolute Gasteiger partial charge is 0.456 e. The van der Waals surface area contributed by atoms with Crippen LogP contribution >= 0.6 is 11.6 Å². The summed E-state index contributed by atoms with van der Waals surface area (Å²) in [6.45, 7) is 0.562. The number of aromatic nitrogens is 5. The van der Waals surface area contributed by atoms with Crippen molar-refractivity contribution in [2.45, 2.75) is 24.4 Å².